The molecule has 2 unspecified atom stereocenters. The number of nitrogens with two attached hydrogens (primary N) is 1. The van der Waals surface area contributed by atoms with Gasteiger partial charge in [0.15, 0.2) is 0 Å². The third-order valence-electron chi connectivity index (χ3n) is 4.48. The van der Waals surface area contributed by atoms with E-state index < -0.39 is 0 Å². The smallest absolute Gasteiger partial charge is 0.224 e. The van der Waals surface area contributed by atoms with Gasteiger partial charge in [-0.25, -0.2) is 0 Å². The van der Waals surface area contributed by atoms with Crippen LogP contribution in [0.3, 0.4) is 0 Å². The number of carbonyl (C=O) groups is 1. The molecule has 0 saturated heterocycles. The molecule has 100 valence electrons. The van der Waals surface area contributed by atoms with Gasteiger partial charge >= 0.3 is 0 Å². The summed E-state index contributed by atoms with van der Waals surface area (Å²) >= 11 is 0. The number of hydrogen-bond donors (Lipinski definition) is 2. The molecule has 2 atom stereocenters. The Balaban J connectivity index is 2.65. The SMILES string of the molecule is CCC(C)(CCN)NC(=O)C1CCCC1(C)C. The molecule has 3 heteroatoms. The van der Waals surface area contributed by atoms with Gasteiger partial charge in [0.05, 0.1) is 0 Å². The van der Waals surface area contributed by atoms with E-state index in [2.05, 4.69) is 33.0 Å². The molecule has 0 spiro atoms. The lowest BCUT2D eigenvalue weighted by Gasteiger charge is -2.34. The zero-order valence-electron chi connectivity index (χ0n) is 11.8. The van der Waals surface area contributed by atoms with Crippen molar-refractivity contribution < 1.29 is 4.79 Å². The number of nitrogens with one attached hydrogen (secondary N) is 1. The molecule has 1 fully saturated rings. The Kier molecular flexibility index (Phi) is 4.59. The quantitative estimate of drug-likeness (QED) is 0.775. The predicted molar refractivity (Wildman–Crippen MR) is 71.6 cm³/mol. The molecule has 0 aromatic rings. The van der Waals surface area contributed by atoms with Crippen LogP contribution in [-0.2, 0) is 4.79 Å². The lowest BCUT2D eigenvalue weighted by molar-refractivity contribution is -0.129. The Hall–Kier alpha value is -0.570. The first-order valence-corrected chi connectivity index (χ1v) is 6.87. The van der Waals surface area contributed by atoms with Gasteiger partial charge in [0, 0.05) is 11.5 Å². The second-order valence-electron chi connectivity index (χ2n) is 6.38. The molecule has 0 aromatic carbocycles. The van der Waals surface area contributed by atoms with Gasteiger partial charge in [-0.3, -0.25) is 4.79 Å². The van der Waals surface area contributed by atoms with Crippen molar-refractivity contribution in [3.8, 4) is 0 Å². The van der Waals surface area contributed by atoms with E-state index in [4.69, 9.17) is 5.73 Å². The summed E-state index contributed by atoms with van der Waals surface area (Å²) in [4.78, 5) is 12.4. The Morgan fingerprint density at radius 3 is 2.59 bits per heavy atom. The van der Waals surface area contributed by atoms with Crippen LogP contribution < -0.4 is 11.1 Å². The van der Waals surface area contributed by atoms with Gasteiger partial charge < -0.3 is 11.1 Å². The maximum Gasteiger partial charge on any atom is 0.224 e. The monoisotopic (exact) mass is 240 g/mol. The van der Waals surface area contributed by atoms with E-state index >= 15 is 0 Å². The van der Waals surface area contributed by atoms with Crippen molar-refractivity contribution in [3.05, 3.63) is 0 Å². The lowest BCUT2D eigenvalue weighted by Crippen LogP contribution is -2.50. The molecule has 1 amide bonds. The molecule has 1 aliphatic rings. The summed E-state index contributed by atoms with van der Waals surface area (Å²) in [5.74, 6) is 0.399. The van der Waals surface area contributed by atoms with E-state index in [1.165, 1.54) is 6.42 Å². The maximum atomic E-state index is 12.4. The van der Waals surface area contributed by atoms with Crippen molar-refractivity contribution in [3.63, 3.8) is 0 Å². The van der Waals surface area contributed by atoms with Crippen molar-refractivity contribution in [2.45, 2.75) is 65.3 Å². The van der Waals surface area contributed by atoms with Crippen LogP contribution in [0.15, 0.2) is 0 Å². The first-order chi connectivity index (χ1) is 7.84. The highest BCUT2D eigenvalue weighted by atomic mass is 16.2. The van der Waals surface area contributed by atoms with Gasteiger partial charge in [0.2, 0.25) is 5.91 Å². The largest absolute Gasteiger partial charge is 0.351 e. The van der Waals surface area contributed by atoms with Gasteiger partial charge in [0.1, 0.15) is 0 Å². The zero-order valence-corrected chi connectivity index (χ0v) is 11.8. The van der Waals surface area contributed by atoms with Crippen LogP contribution in [0.4, 0.5) is 0 Å². The maximum absolute atomic E-state index is 12.4. The number of rotatable bonds is 5. The van der Waals surface area contributed by atoms with Crippen molar-refractivity contribution in [1.29, 1.82) is 0 Å². The van der Waals surface area contributed by atoms with E-state index in [0.29, 0.717) is 6.54 Å². The average molecular weight is 240 g/mol. The summed E-state index contributed by atoms with van der Waals surface area (Å²) in [5.41, 5.74) is 5.64. The van der Waals surface area contributed by atoms with Gasteiger partial charge in [-0.2, -0.15) is 0 Å². The molecule has 1 rings (SSSR count). The lowest BCUT2D eigenvalue weighted by atomic mass is 9.80. The molecule has 0 radical (unpaired) electrons. The predicted octanol–water partition coefficient (Wildman–Crippen LogP) is 2.45. The van der Waals surface area contributed by atoms with Gasteiger partial charge in [-0.1, -0.05) is 27.2 Å². The highest BCUT2D eigenvalue weighted by molar-refractivity contribution is 5.80. The van der Waals surface area contributed by atoms with E-state index in [1.807, 2.05) is 0 Å². The summed E-state index contributed by atoms with van der Waals surface area (Å²) in [7, 11) is 0. The summed E-state index contributed by atoms with van der Waals surface area (Å²) < 4.78 is 0. The number of hydrogen-bond acceptors (Lipinski definition) is 2. The zero-order chi connectivity index (χ0) is 13.1. The van der Waals surface area contributed by atoms with Crippen molar-refractivity contribution in [1.82, 2.24) is 5.32 Å². The summed E-state index contributed by atoms with van der Waals surface area (Å²) in [6.45, 7) is 9.24. The second-order valence-corrected chi connectivity index (χ2v) is 6.38. The fraction of sp³-hybridized carbons (Fsp3) is 0.929. The highest BCUT2D eigenvalue weighted by Gasteiger charge is 2.40. The summed E-state index contributed by atoms with van der Waals surface area (Å²) in [6.07, 6.45) is 5.14. The first-order valence-electron chi connectivity index (χ1n) is 6.87. The summed E-state index contributed by atoms with van der Waals surface area (Å²) in [5, 5.41) is 3.22. The van der Waals surface area contributed by atoms with Crippen LogP contribution in [0.25, 0.3) is 0 Å². The van der Waals surface area contributed by atoms with Crippen LogP contribution in [0, 0.1) is 11.3 Å². The Labute approximate surface area is 106 Å². The third-order valence-corrected chi connectivity index (χ3v) is 4.48. The molecule has 1 saturated carbocycles. The fourth-order valence-corrected chi connectivity index (χ4v) is 2.84. The molecule has 0 aliphatic heterocycles. The Morgan fingerprint density at radius 2 is 2.18 bits per heavy atom. The normalized spacial score (nSPS) is 26.5. The molecule has 0 bridgehead atoms. The first kappa shape index (κ1) is 14.5. The van der Waals surface area contributed by atoms with Crippen LogP contribution >= 0.6 is 0 Å². The molecule has 17 heavy (non-hydrogen) atoms. The molecule has 3 N–H and O–H groups in total. The van der Waals surface area contributed by atoms with Crippen LogP contribution in [0.5, 0.6) is 0 Å². The molecular formula is C14H28N2O. The van der Waals surface area contributed by atoms with Crippen LogP contribution in [0.2, 0.25) is 0 Å². The minimum atomic E-state index is -0.134. The number of carbonyl (C=O) groups excluding carboxylic acids is 1. The standard InChI is InChI=1S/C14H28N2O/c1-5-14(4,9-10-15)16-12(17)11-7-6-8-13(11,2)3/h11H,5-10,15H2,1-4H3,(H,16,17). The van der Waals surface area contributed by atoms with E-state index in [-0.39, 0.29) is 22.8 Å². The van der Waals surface area contributed by atoms with Crippen molar-refractivity contribution >= 4 is 5.91 Å². The van der Waals surface area contributed by atoms with E-state index in [1.54, 1.807) is 0 Å². The molecular weight excluding hydrogens is 212 g/mol. The van der Waals surface area contributed by atoms with Gasteiger partial charge in [-0.05, 0) is 44.6 Å². The third kappa shape index (κ3) is 3.44. The van der Waals surface area contributed by atoms with Crippen LogP contribution in [0.1, 0.15) is 59.8 Å². The van der Waals surface area contributed by atoms with E-state index in [9.17, 15) is 4.79 Å². The van der Waals surface area contributed by atoms with Gasteiger partial charge in [0.25, 0.3) is 0 Å². The molecule has 1 aliphatic carbocycles. The minimum Gasteiger partial charge on any atom is -0.351 e. The molecule has 0 aromatic heterocycles. The number of amides is 1. The second kappa shape index (κ2) is 5.38. The van der Waals surface area contributed by atoms with E-state index in [0.717, 1.165) is 25.7 Å². The Bertz CT molecular complexity index is 275. The Morgan fingerprint density at radius 1 is 1.53 bits per heavy atom. The van der Waals surface area contributed by atoms with Crippen LogP contribution in [-0.4, -0.2) is 18.0 Å². The molecule has 0 heterocycles. The minimum absolute atomic E-state index is 0.134. The van der Waals surface area contributed by atoms with Gasteiger partial charge in [-0.15, -0.1) is 0 Å². The van der Waals surface area contributed by atoms with Crippen molar-refractivity contribution in [2.75, 3.05) is 6.54 Å². The van der Waals surface area contributed by atoms with Crippen molar-refractivity contribution in [2.24, 2.45) is 17.1 Å². The average Bonchev–Trinajstić information content (AvgIpc) is 2.58. The topological polar surface area (TPSA) is 55.1 Å². The highest BCUT2D eigenvalue weighted by Crippen LogP contribution is 2.42. The molecule has 3 nitrogen and oxygen atoms in total. The fourth-order valence-electron chi connectivity index (χ4n) is 2.84. The summed E-state index contributed by atoms with van der Waals surface area (Å²) in [6, 6.07) is 0.